The average Bonchev–Trinajstić information content (AvgIpc) is 2.33. The van der Waals surface area contributed by atoms with Crippen molar-refractivity contribution in [3.63, 3.8) is 0 Å². The minimum Gasteiger partial charge on any atom is -0.329 e. The highest BCUT2D eigenvalue weighted by atomic mass is 16.1. The summed E-state index contributed by atoms with van der Waals surface area (Å²) < 4.78 is 0. The molecular formula is C14H20N2O. The highest BCUT2D eigenvalue weighted by Crippen LogP contribution is 2.20. The molecule has 1 saturated heterocycles. The summed E-state index contributed by atoms with van der Waals surface area (Å²) in [5.74, 6) is 0. The van der Waals surface area contributed by atoms with Gasteiger partial charge in [-0.3, -0.25) is 9.69 Å². The van der Waals surface area contributed by atoms with Gasteiger partial charge in [-0.1, -0.05) is 18.6 Å². The lowest BCUT2D eigenvalue weighted by Gasteiger charge is -2.33. The van der Waals surface area contributed by atoms with E-state index in [-0.39, 0.29) is 0 Å². The van der Waals surface area contributed by atoms with Crippen LogP contribution >= 0.6 is 0 Å². The molecule has 1 fully saturated rings. The summed E-state index contributed by atoms with van der Waals surface area (Å²) in [6.45, 7) is 4.47. The molecule has 1 heterocycles. The Morgan fingerprint density at radius 1 is 1.47 bits per heavy atom. The first-order chi connectivity index (χ1) is 8.29. The molecule has 1 N–H and O–H groups in total. The second-order valence-corrected chi connectivity index (χ2v) is 4.78. The molecule has 0 aliphatic carbocycles. The molecule has 1 aromatic carbocycles. The van der Waals surface area contributed by atoms with Crippen molar-refractivity contribution in [1.82, 2.24) is 4.90 Å². The molecule has 0 saturated carbocycles. The Bertz CT molecular complexity index is 378. The van der Waals surface area contributed by atoms with Gasteiger partial charge in [0.15, 0.2) is 0 Å². The van der Waals surface area contributed by atoms with Crippen LogP contribution in [-0.4, -0.2) is 23.9 Å². The van der Waals surface area contributed by atoms with Crippen molar-refractivity contribution in [2.75, 3.05) is 11.9 Å². The Labute approximate surface area is 103 Å². The molecule has 2 rings (SSSR count). The number of nitrogens with zero attached hydrogens (tertiary/aromatic N) is 1. The van der Waals surface area contributed by atoms with Crippen LogP contribution in [0.15, 0.2) is 24.3 Å². The first-order valence-corrected chi connectivity index (χ1v) is 6.33. The van der Waals surface area contributed by atoms with Crippen LogP contribution < -0.4 is 5.32 Å². The van der Waals surface area contributed by atoms with E-state index in [0.29, 0.717) is 6.04 Å². The summed E-state index contributed by atoms with van der Waals surface area (Å²) in [6, 6.07) is 8.76. The number of hydrogen-bond acceptors (Lipinski definition) is 2. The average molecular weight is 232 g/mol. The zero-order valence-electron chi connectivity index (χ0n) is 10.4. The van der Waals surface area contributed by atoms with Crippen LogP contribution in [0, 0.1) is 0 Å². The third-order valence-electron chi connectivity index (χ3n) is 3.48. The number of hydrogen-bond donors (Lipinski definition) is 1. The number of piperidine rings is 1. The van der Waals surface area contributed by atoms with Crippen molar-refractivity contribution in [3.8, 4) is 0 Å². The molecule has 1 aliphatic rings. The van der Waals surface area contributed by atoms with E-state index >= 15 is 0 Å². The molecule has 17 heavy (non-hydrogen) atoms. The van der Waals surface area contributed by atoms with E-state index < -0.39 is 0 Å². The topological polar surface area (TPSA) is 32.3 Å². The smallest absolute Gasteiger partial charge is 0.211 e. The molecule has 1 aliphatic heterocycles. The second-order valence-electron chi connectivity index (χ2n) is 4.78. The van der Waals surface area contributed by atoms with Crippen molar-refractivity contribution >= 4 is 12.1 Å². The second kappa shape index (κ2) is 5.82. The number of likely N-dealkylation sites (tertiary alicyclic amines) is 1. The minimum absolute atomic E-state index is 0.673. The maximum atomic E-state index is 10.4. The van der Waals surface area contributed by atoms with Gasteiger partial charge in [0.2, 0.25) is 6.41 Å². The van der Waals surface area contributed by atoms with Gasteiger partial charge >= 0.3 is 0 Å². The van der Waals surface area contributed by atoms with Crippen LogP contribution in [0.1, 0.15) is 31.7 Å². The largest absolute Gasteiger partial charge is 0.329 e. The Kier molecular flexibility index (Phi) is 4.15. The van der Waals surface area contributed by atoms with E-state index in [2.05, 4.69) is 29.3 Å². The highest BCUT2D eigenvalue weighted by molar-refractivity contribution is 5.71. The number of carbonyl (C=O) groups is 1. The van der Waals surface area contributed by atoms with Gasteiger partial charge in [-0.2, -0.15) is 0 Å². The van der Waals surface area contributed by atoms with Gasteiger partial charge in [0, 0.05) is 18.3 Å². The van der Waals surface area contributed by atoms with Crippen molar-refractivity contribution in [1.29, 1.82) is 0 Å². The van der Waals surface area contributed by atoms with E-state index in [0.717, 1.165) is 18.6 Å². The molecule has 1 aromatic rings. The lowest BCUT2D eigenvalue weighted by Crippen LogP contribution is -2.36. The van der Waals surface area contributed by atoms with Gasteiger partial charge < -0.3 is 5.32 Å². The lowest BCUT2D eigenvalue weighted by molar-refractivity contribution is -0.105. The molecule has 3 heteroatoms. The number of carbonyl (C=O) groups excluding carboxylic acids is 1. The van der Waals surface area contributed by atoms with E-state index in [9.17, 15) is 4.79 Å². The summed E-state index contributed by atoms with van der Waals surface area (Å²) in [4.78, 5) is 12.9. The van der Waals surface area contributed by atoms with Gasteiger partial charge in [0.25, 0.3) is 0 Å². The minimum atomic E-state index is 0.673. The predicted molar refractivity (Wildman–Crippen MR) is 69.9 cm³/mol. The molecule has 1 amide bonds. The van der Waals surface area contributed by atoms with Crippen molar-refractivity contribution in [2.45, 2.75) is 38.8 Å². The number of nitrogens with one attached hydrogen (secondary N) is 1. The molecule has 3 nitrogen and oxygen atoms in total. The maximum Gasteiger partial charge on any atom is 0.211 e. The Morgan fingerprint density at radius 3 is 3.12 bits per heavy atom. The SMILES string of the molecule is CC1CCCCN1Cc1cccc(NC=O)c1. The summed E-state index contributed by atoms with van der Waals surface area (Å²) >= 11 is 0. The molecule has 0 spiro atoms. The van der Waals surface area contributed by atoms with E-state index in [1.54, 1.807) is 0 Å². The van der Waals surface area contributed by atoms with Crippen LogP contribution in [0.4, 0.5) is 5.69 Å². The van der Waals surface area contributed by atoms with Gasteiger partial charge in [-0.15, -0.1) is 0 Å². The molecule has 1 atom stereocenters. The van der Waals surface area contributed by atoms with Crippen LogP contribution in [0.2, 0.25) is 0 Å². The van der Waals surface area contributed by atoms with Gasteiger partial charge in [0.1, 0.15) is 0 Å². The monoisotopic (exact) mass is 232 g/mol. The first-order valence-electron chi connectivity index (χ1n) is 6.33. The quantitative estimate of drug-likeness (QED) is 0.809. The highest BCUT2D eigenvalue weighted by Gasteiger charge is 2.17. The van der Waals surface area contributed by atoms with Crippen molar-refractivity contribution in [3.05, 3.63) is 29.8 Å². The van der Waals surface area contributed by atoms with Crippen LogP contribution in [0.5, 0.6) is 0 Å². The van der Waals surface area contributed by atoms with E-state index in [1.807, 2.05) is 12.1 Å². The Morgan fingerprint density at radius 2 is 2.35 bits per heavy atom. The number of anilines is 1. The van der Waals surface area contributed by atoms with E-state index in [4.69, 9.17) is 0 Å². The fraction of sp³-hybridized carbons (Fsp3) is 0.500. The fourth-order valence-corrected chi connectivity index (χ4v) is 2.45. The van der Waals surface area contributed by atoms with Gasteiger partial charge in [-0.05, 0) is 44.0 Å². The van der Waals surface area contributed by atoms with Crippen LogP contribution in [0.3, 0.4) is 0 Å². The summed E-state index contributed by atoms with van der Waals surface area (Å²) in [7, 11) is 0. The normalized spacial score (nSPS) is 21.1. The third kappa shape index (κ3) is 3.30. The molecule has 0 aromatic heterocycles. The molecule has 0 radical (unpaired) electrons. The van der Waals surface area contributed by atoms with Gasteiger partial charge in [-0.25, -0.2) is 0 Å². The molecule has 92 valence electrons. The summed E-state index contributed by atoms with van der Waals surface area (Å²) in [5, 5.41) is 2.70. The number of benzene rings is 1. The Hall–Kier alpha value is -1.35. The van der Waals surface area contributed by atoms with Crippen molar-refractivity contribution < 1.29 is 4.79 Å². The maximum absolute atomic E-state index is 10.4. The standard InChI is InChI=1S/C14H20N2O/c1-12-5-2-3-8-16(12)10-13-6-4-7-14(9-13)15-11-17/h4,6-7,9,11-12H,2-3,5,8,10H2,1H3,(H,15,17). The zero-order valence-corrected chi connectivity index (χ0v) is 10.4. The van der Waals surface area contributed by atoms with E-state index in [1.165, 1.54) is 31.4 Å². The fourth-order valence-electron chi connectivity index (χ4n) is 2.45. The third-order valence-corrected chi connectivity index (χ3v) is 3.48. The lowest BCUT2D eigenvalue weighted by atomic mass is 10.0. The first kappa shape index (κ1) is 12.1. The molecular weight excluding hydrogens is 212 g/mol. The zero-order chi connectivity index (χ0) is 12.1. The summed E-state index contributed by atoms with van der Waals surface area (Å²) in [6.07, 6.45) is 4.68. The molecule has 0 bridgehead atoms. The Balaban J connectivity index is 2.01. The van der Waals surface area contributed by atoms with Crippen LogP contribution in [-0.2, 0) is 11.3 Å². The van der Waals surface area contributed by atoms with Gasteiger partial charge in [0.05, 0.1) is 0 Å². The van der Waals surface area contributed by atoms with Crippen LogP contribution in [0.25, 0.3) is 0 Å². The number of rotatable bonds is 4. The molecule has 1 unspecified atom stereocenters. The van der Waals surface area contributed by atoms with Crippen molar-refractivity contribution in [2.24, 2.45) is 0 Å². The number of amides is 1. The summed E-state index contributed by atoms with van der Waals surface area (Å²) in [5.41, 5.74) is 2.15. The predicted octanol–water partition coefficient (Wildman–Crippen LogP) is 2.63.